The van der Waals surface area contributed by atoms with E-state index in [4.69, 9.17) is 19.9 Å². The van der Waals surface area contributed by atoms with E-state index in [-0.39, 0.29) is 0 Å². The molecule has 0 aliphatic heterocycles. The van der Waals surface area contributed by atoms with Crippen molar-refractivity contribution in [2.45, 2.75) is 0 Å². The molecule has 0 bridgehead atoms. The van der Waals surface area contributed by atoms with E-state index in [1.54, 1.807) is 0 Å². The molecule has 3 aromatic heterocycles. The highest BCUT2D eigenvalue weighted by atomic mass is 15.0. The minimum absolute atomic E-state index is 0.637. The van der Waals surface area contributed by atoms with Gasteiger partial charge in [-0.1, -0.05) is 170 Å². The molecular formula is C56H35N5. The lowest BCUT2D eigenvalue weighted by molar-refractivity contribution is 1.08. The number of hydrogen-bond acceptors (Lipinski definition) is 4. The number of fused-ring (bicyclic) bond motifs is 8. The molecule has 0 amide bonds. The van der Waals surface area contributed by atoms with E-state index < -0.39 is 0 Å². The zero-order valence-electron chi connectivity index (χ0n) is 32.9. The van der Waals surface area contributed by atoms with E-state index in [1.165, 1.54) is 16.2 Å². The van der Waals surface area contributed by atoms with Crippen molar-refractivity contribution in [1.29, 1.82) is 0 Å². The van der Waals surface area contributed by atoms with Crippen LogP contribution in [0.1, 0.15) is 0 Å². The first kappa shape index (κ1) is 34.7. The van der Waals surface area contributed by atoms with Gasteiger partial charge in [-0.15, -0.1) is 0 Å². The summed E-state index contributed by atoms with van der Waals surface area (Å²) in [6, 6.07) is 74.6. The Hall–Kier alpha value is -8.28. The maximum absolute atomic E-state index is 5.28. The lowest BCUT2D eigenvalue weighted by Crippen LogP contribution is -2.00. The van der Waals surface area contributed by atoms with Crippen LogP contribution in [0.3, 0.4) is 0 Å². The lowest BCUT2D eigenvalue weighted by atomic mass is 9.92. The maximum Gasteiger partial charge on any atom is 0.164 e. The highest BCUT2D eigenvalue weighted by Gasteiger charge is 2.21. The molecule has 0 aliphatic rings. The summed E-state index contributed by atoms with van der Waals surface area (Å²) in [6.07, 6.45) is 0. The fraction of sp³-hybridized carbons (Fsp3) is 0. The average molecular weight is 778 g/mol. The second-order valence-corrected chi connectivity index (χ2v) is 15.4. The highest BCUT2D eigenvalue weighted by Crippen LogP contribution is 2.44. The smallest absolute Gasteiger partial charge is 0.164 e. The largest absolute Gasteiger partial charge is 0.309 e. The van der Waals surface area contributed by atoms with Gasteiger partial charge in [-0.05, 0) is 64.4 Å². The van der Waals surface area contributed by atoms with Crippen molar-refractivity contribution >= 4 is 54.3 Å². The van der Waals surface area contributed by atoms with Gasteiger partial charge in [-0.25, -0.2) is 19.9 Å². The van der Waals surface area contributed by atoms with Crippen molar-refractivity contribution in [3.63, 3.8) is 0 Å². The molecule has 5 nitrogen and oxygen atoms in total. The first-order valence-corrected chi connectivity index (χ1v) is 20.6. The van der Waals surface area contributed by atoms with Gasteiger partial charge in [0.05, 0.1) is 22.2 Å². The van der Waals surface area contributed by atoms with E-state index in [2.05, 4.69) is 156 Å². The Morgan fingerprint density at radius 1 is 0.295 bits per heavy atom. The monoisotopic (exact) mass is 777 g/mol. The minimum atomic E-state index is 0.637. The summed E-state index contributed by atoms with van der Waals surface area (Å²) in [6.45, 7) is 0. The molecule has 9 aromatic carbocycles. The quantitative estimate of drug-likeness (QED) is 0.158. The summed E-state index contributed by atoms with van der Waals surface area (Å²) >= 11 is 0. The molecular weight excluding hydrogens is 743 g/mol. The Morgan fingerprint density at radius 3 is 1.49 bits per heavy atom. The Kier molecular flexibility index (Phi) is 8.10. The predicted molar refractivity (Wildman–Crippen MR) is 252 cm³/mol. The van der Waals surface area contributed by atoms with Crippen LogP contribution in [0.15, 0.2) is 212 Å². The van der Waals surface area contributed by atoms with Crippen molar-refractivity contribution in [2.75, 3.05) is 0 Å². The van der Waals surface area contributed by atoms with Crippen LogP contribution in [-0.4, -0.2) is 24.5 Å². The number of benzene rings is 9. The molecule has 0 saturated carbocycles. The van der Waals surface area contributed by atoms with Gasteiger partial charge in [0, 0.05) is 54.9 Å². The summed E-state index contributed by atoms with van der Waals surface area (Å²) in [4.78, 5) is 20.5. The maximum atomic E-state index is 5.28. The fourth-order valence-corrected chi connectivity index (χ4v) is 9.07. The number of rotatable bonds is 6. The number of nitrogens with zero attached hydrogens (tertiary/aromatic N) is 5. The summed E-state index contributed by atoms with van der Waals surface area (Å²) in [5, 5.41) is 8.07. The molecule has 12 rings (SSSR count). The van der Waals surface area contributed by atoms with Gasteiger partial charge in [0.2, 0.25) is 0 Å². The fourth-order valence-electron chi connectivity index (χ4n) is 9.07. The minimum Gasteiger partial charge on any atom is -0.309 e. The van der Waals surface area contributed by atoms with Crippen molar-refractivity contribution in [2.24, 2.45) is 0 Å². The molecule has 0 unspecified atom stereocenters. The number of pyridine rings is 1. The van der Waals surface area contributed by atoms with Crippen LogP contribution in [0.5, 0.6) is 0 Å². The predicted octanol–water partition coefficient (Wildman–Crippen LogP) is 14.2. The van der Waals surface area contributed by atoms with Crippen LogP contribution >= 0.6 is 0 Å². The molecule has 0 fully saturated rings. The molecule has 0 aliphatic carbocycles. The third-order valence-corrected chi connectivity index (χ3v) is 11.8. The number of para-hydroxylation sites is 2. The van der Waals surface area contributed by atoms with Gasteiger partial charge in [-0.2, -0.15) is 0 Å². The highest BCUT2D eigenvalue weighted by molar-refractivity contribution is 6.30. The average Bonchev–Trinajstić information content (AvgIpc) is 3.68. The van der Waals surface area contributed by atoms with Gasteiger partial charge >= 0.3 is 0 Å². The third-order valence-electron chi connectivity index (χ3n) is 11.8. The first-order valence-electron chi connectivity index (χ1n) is 20.6. The van der Waals surface area contributed by atoms with Crippen molar-refractivity contribution in [1.82, 2.24) is 24.5 Å². The summed E-state index contributed by atoms with van der Waals surface area (Å²) in [5.74, 6) is 1.92. The van der Waals surface area contributed by atoms with E-state index in [0.29, 0.717) is 17.5 Å². The van der Waals surface area contributed by atoms with Gasteiger partial charge in [0.25, 0.3) is 0 Å². The lowest BCUT2D eigenvalue weighted by Gasteiger charge is -2.13. The first-order chi connectivity index (χ1) is 30.3. The topological polar surface area (TPSA) is 56.5 Å². The molecule has 0 atom stereocenters. The van der Waals surface area contributed by atoms with Crippen LogP contribution in [-0.2, 0) is 0 Å². The molecule has 0 radical (unpaired) electrons. The zero-order chi connectivity index (χ0) is 40.3. The zero-order valence-corrected chi connectivity index (χ0v) is 32.9. The van der Waals surface area contributed by atoms with Gasteiger partial charge < -0.3 is 4.57 Å². The second-order valence-electron chi connectivity index (χ2n) is 15.4. The molecule has 0 saturated heterocycles. The molecule has 61 heavy (non-hydrogen) atoms. The van der Waals surface area contributed by atoms with E-state index in [1.807, 2.05) is 60.7 Å². The molecule has 5 heteroatoms. The summed E-state index contributed by atoms with van der Waals surface area (Å²) < 4.78 is 2.40. The normalized spacial score (nSPS) is 11.6. The van der Waals surface area contributed by atoms with Crippen LogP contribution in [0.2, 0.25) is 0 Å². The molecule has 284 valence electrons. The molecule has 3 heterocycles. The Bertz CT molecular complexity index is 3560. The third kappa shape index (κ3) is 5.78. The molecule has 0 spiro atoms. The van der Waals surface area contributed by atoms with E-state index in [0.717, 1.165) is 82.9 Å². The number of hydrogen-bond donors (Lipinski definition) is 0. The van der Waals surface area contributed by atoms with Crippen molar-refractivity contribution < 1.29 is 0 Å². The molecule has 12 aromatic rings. The van der Waals surface area contributed by atoms with Crippen LogP contribution in [0, 0.1) is 0 Å². The Labute approximate surface area is 351 Å². The molecule has 0 N–H and O–H groups in total. The van der Waals surface area contributed by atoms with Gasteiger partial charge in [0.15, 0.2) is 17.5 Å². The Balaban J connectivity index is 1.12. The van der Waals surface area contributed by atoms with Gasteiger partial charge in [0.1, 0.15) is 0 Å². The van der Waals surface area contributed by atoms with E-state index >= 15 is 0 Å². The van der Waals surface area contributed by atoms with E-state index in [9.17, 15) is 0 Å². The van der Waals surface area contributed by atoms with Crippen molar-refractivity contribution in [3.8, 4) is 62.2 Å². The number of aromatic nitrogens is 5. The second kappa shape index (κ2) is 14.2. The SMILES string of the molecule is c1ccc(-c2nc(-c3ccccc3)nc(-c3ccc(-c4ccc5c(c4)c4c6c(ccc4n5-c4ccccc4)c(-c4ccccc4)nc4ccccc46)c4ccccc34)n2)cc1. The van der Waals surface area contributed by atoms with Crippen LogP contribution in [0.25, 0.3) is 116 Å². The Morgan fingerprint density at radius 2 is 0.820 bits per heavy atom. The standard InChI is InChI=1S/C56H35N5/c1-5-17-36(18-6-1)53-46-32-34-50-52(51(46)45-27-15-16-28-48(45)57-53)47-35-39(29-33-49(47)61(50)40-23-11-4-12-24-40)41-30-31-44(43-26-14-13-25-42(41)43)56-59-54(37-19-7-2-8-20-37)58-55(60-56)38-21-9-3-10-22-38/h1-35H. The van der Waals surface area contributed by atoms with Gasteiger partial charge in [-0.3, -0.25) is 0 Å². The summed E-state index contributed by atoms with van der Waals surface area (Å²) in [5.41, 5.74) is 11.6. The van der Waals surface area contributed by atoms with Crippen LogP contribution < -0.4 is 0 Å². The summed E-state index contributed by atoms with van der Waals surface area (Å²) in [7, 11) is 0. The van der Waals surface area contributed by atoms with Crippen molar-refractivity contribution in [3.05, 3.63) is 212 Å². The van der Waals surface area contributed by atoms with Crippen LogP contribution in [0.4, 0.5) is 0 Å².